The summed E-state index contributed by atoms with van der Waals surface area (Å²) < 4.78 is 11.5. The van der Waals surface area contributed by atoms with Gasteiger partial charge in [0, 0.05) is 12.6 Å². The number of ether oxygens (including phenoxy) is 2. The average Bonchev–Trinajstić information content (AvgIpc) is 2.28. The van der Waals surface area contributed by atoms with Crippen LogP contribution >= 0.6 is 15.9 Å². The maximum Gasteiger partial charge on any atom is 0.133 e. The highest BCUT2D eigenvalue weighted by molar-refractivity contribution is 9.10. The summed E-state index contributed by atoms with van der Waals surface area (Å²) in [4.78, 5) is 0. The molecule has 0 aromatic heterocycles. The Labute approximate surface area is 110 Å². The molecule has 0 spiro atoms. The summed E-state index contributed by atoms with van der Waals surface area (Å²) in [5.74, 6) is 0.823. The van der Waals surface area contributed by atoms with Gasteiger partial charge in [0.2, 0.25) is 0 Å². The number of halogens is 1. The van der Waals surface area contributed by atoms with E-state index in [1.54, 1.807) is 14.2 Å². The second-order valence-electron chi connectivity index (χ2n) is 4.59. The Morgan fingerprint density at radius 2 is 2.06 bits per heavy atom. The van der Waals surface area contributed by atoms with Gasteiger partial charge in [0.05, 0.1) is 18.2 Å². The smallest absolute Gasteiger partial charge is 0.133 e. The van der Waals surface area contributed by atoms with Gasteiger partial charge in [-0.3, -0.25) is 0 Å². The third-order valence-corrected chi connectivity index (χ3v) is 4.08. The number of hydrogen-bond acceptors (Lipinski definition) is 3. The molecule has 1 aromatic carbocycles. The third-order valence-electron chi connectivity index (χ3n) is 3.46. The molecule has 94 valence electrons. The van der Waals surface area contributed by atoms with Gasteiger partial charge in [-0.1, -0.05) is 0 Å². The normalized spacial score (nSPS) is 17.6. The first-order chi connectivity index (χ1) is 8.10. The van der Waals surface area contributed by atoms with E-state index in [0.717, 1.165) is 28.6 Å². The van der Waals surface area contributed by atoms with Crippen LogP contribution in [0.3, 0.4) is 0 Å². The fraction of sp³-hybridized carbons (Fsp3) is 0.538. The van der Waals surface area contributed by atoms with E-state index in [9.17, 15) is 0 Å². The van der Waals surface area contributed by atoms with Crippen LogP contribution in [0.5, 0.6) is 5.75 Å². The summed E-state index contributed by atoms with van der Waals surface area (Å²) in [6.07, 6.45) is 3.29. The highest BCUT2D eigenvalue weighted by atomic mass is 79.9. The van der Waals surface area contributed by atoms with E-state index >= 15 is 0 Å². The van der Waals surface area contributed by atoms with E-state index in [1.807, 2.05) is 6.07 Å². The predicted molar refractivity (Wildman–Crippen MR) is 71.1 cm³/mol. The van der Waals surface area contributed by atoms with Crippen molar-refractivity contribution in [2.24, 2.45) is 5.73 Å². The lowest BCUT2D eigenvalue weighted by Gasteiger charge is -2.40. The van der Waals surface area contributed by atoms with Gasteiger partial charge < -0.3 is 15.2 Å². The molecular weight excluding hydrogens is 282 g/mol. The highest BCUT2D eigenvalue weighted by Crippen LogP contribution is 2.43. The monoisotopic (exact) mass is 299 g/mol. The fourth-order valence-corrected chi connectivity index (χ4v) is 2.82. The molecule has 0 saturated heterocycles. The molecule has 17 heavy (non-hydrogen) atoms. The first kappa shape index (κ1) is 12.9. The minimum atomic E-state index is -0.178. The summed E-state index contributed by atoms with van der Waals surface area (Å²) >= 11 is 3.52. The summed E-state index contributed by atoms with van der Waals surface area (Å²) in [6, 6.07) is 4.09. The van der Waals surface area contributed by atoms with E-state index in [4.69, 9.17) is 15.2 Å². The Balaban J connectivity index is 2.45. The first-order valence-electron chi connectivity index (χ1n) is 5.75. The van der Waals surface area contributed by atoms with E-state index in [-0.39, 0.29) is 5.54 Å². The highest BCUT2D eigenvalue weighted by Gasteiger charge is 2.36. The number of benzene rings is 1. The molecule has 1 aliphatic carbocycles. The molecule has 1 aliphatic rings. The van der Waals surface area contributed by atoms with E-state index < -0.39 is 0 Å². The van der Waals surface area contributed by atoms with Crippen molar-refractivity contribution < 1.29 is 9.47 Å². The number of hydrogen-bond donors (Lipinski definition) is 1. The Bertz CT molecular complexity index is 416. The largest absolute Gasteiger partial charge is 0.496 e. The third kappa shape index (κ3) is 2.34. The van der Waals surface area contributed by atoms with Gasteiger partial charge in [0.25, 0.3) is 0 Å². The lowest BCUT2D eigenvalue weighted by molar-refractivity contribution is 0.177. The van der Waals surface area contributed by atoms with E-state index in [1.165, 1.54) is 12.0 Å². The summed E-state index contributed by atoms with van der Waals surface area (Å²) in [5, 5.41) is 0. The molecule has 0 heterocycles. The van der Waals surface area contributed by atoms with Gasteiger partial charge in [0.1, 0.15) is 5.75 Å². The molecule has 0 aliphatic heterocycles. The van der Waals surface area contributed by atoms with E-state index in [0.29, 0.717) is 6.61 Å². The Morgan fingerprint density at radius 1 is 1.35 bits per heavy atom. The van der Waals surface area contributed by atoms with Crippen molar-refractivity contribution in [1.29, 1.82) is 0 Å². The van der Waals surface area contributed by atoms with Gasteiger partial charge in [-0.15, -0.1) is 0 Å². The zero-order valence-corrected chi connectivity index (χ0v) is 11.8. The van der Waals surface area contributed by atoms with Crippen molar-refractivity contribution >= 4 is 15.9 Å². The number of methoxy groups -OCH3 is 2. The van der Waals surface area contributed by atoms with E-state index in [2.05, 4.69) is 22.0 Å². The fourth-order valence-electron chi connectivity index (χ4n) is 2.32. The van der Waals surface area contributed by atoms with Crippen LogP contribution in [0, 0.1) is 0 Å². The molecule has 1 saturated carbocycles. The van der Waals surface area contributed by atoms with Gasteiger partial charge in [-0.2, -0.15) is 0 Å². The Morgan fingerprint density at radius 3 is 2.53 bits per heavy atom. The number of rotatable bonds is 4. The molecule has 1 fully saturated rings. The van der Waals surface area contributed by atoms with Crippen LogP contribution in [0.25, 0.3) is 0 Å². The molecule has 0 bridgehead atoms. The zero-order valence-electron chi connectivity index (χ0n) is 10.3. The summed E-state index contributed by atoms with van der Waals surface area (Å²) in [5.41, 5.74) is 8.52. The second-order valence-corrected chi connectivity index (χ2v) is 5.44. The van der Waals surface area contributed by atoms with Gasteiger partial charge >= 0.3 is 0 Å². The van der Waals surface area contributed by atoms with Crippen LogP contribution in [-0.4, -0.2) is 14.2 Å². The van der Waals surface area contributed by atoms with Crippen molar-refractivity contribution in [3.63, 3.8) is 0 Å². The quantitative estimate of drug-likeness (QED) is 0.930. The maximum atomic E-state index is 6.40. The standard InChI is InChI=1S/C13H18BrNO2/c1-16-8-9-6-12(17-2)11(14)7-10(9)13(15)4-3-5-13/h6-7H,3-5,8,15H2,1-2H3. The number of nitrogens with two attached hydrogens (primary N) is 1. The van der Waals surface area contributed by atoms with Gasteiger partial charge in [-0.05, 0) is 58.5 Å². The lowest BCUT2D eigenvalue weighted by atomic mass is 9.71. The van der Waals surface area contributed by atoms with Crippen LogP contribution in [0.2, 0.25) is 0 Å². The molecule has 0 unspecified atom stereocenters. The molecule has 1 aromatic rings. The van der Waals surface area contributed by atoms with Crippen LogP contribution in [-0.2, 0) is 16.9 Å². The van der Waals surface area contributed by atoms with Crippen molar-refractivity contribution in [2.75, 3.05) is 14.2 Å². The first-order valence-corrected chi connectivity index (χ1v) is 6.55. The predicted octanol–water partition coefficient (Wildman–Crippen LogP) is 2.94. The molecule has 2 rings (SSSR count). The molecule has 0 atom stereocenters. The molecule has 2 N–H and O–H groups in total. The summed E-state index contributed by atoms with van der Waals surface area (Å²) in [7, 11) is 3.36. The van der Waals surface area contributed by atoms with Gasteiger partial charge in [-0.25, -0.2) is 0 Å². The second kappa shape index (κ2) is 4.96. The Hall–Kier alpha value is -0.580. The molecule has 0 radical (unpaired) electrons. The van der Waals surface area contributed by atoms with Crippen molar-refractivity contribution in [3.05, 3.63) is 27.7 Å². The zero-order chi connectivity index (χ0) is 12.5. The lowest BCUT2D eigenvalue weighted by Crippen LogP contribution is -2.44. The topological polar surface area (TPSA) is 44.5 Å². The minimum absolute atomic E-state index is 0.178. The van der Waals surface area contributed by atoms with Gasteiger partial charge in [0.15, 0.2) is 0 Å². The molecule has 0 amide bonds. The Kier molecular flexibility index (Phi) is 3.76. The SMILES string of the molecule is COCc1cc(OC)c(Br)cc1C1(N)CCC1. The minimum Gasteiger partial charge on any atom is -0.496 e. The molecule has 4 heteroatoms. The van der Waals surface area contributed by atoms with Crippen LogP contribution in [0.4, 0.5) is 0 Å². The van der Waals surface area contributed by atoms with Crippen molar-refractivity contribution in [2.45, 2.75) is 31.4 Å². The summed E-state index contributed by atoms with van der Waals surface area (Å²) in [6.45, 7) is 0.567. The van der Waals surface area contributed by atoms with Crippen molar-refractivity contribution in [1.82, 2.24) is 0 Å². The van der Waals surface area contributed by atoms with Crippen molar-refractivity contribution in [3.8, 4) is 5.75 Å². The average molecular weight is 300 g/mol. The molecular formula is C13H18BrNO2. The van der Waals surface area contributed by atoms with Crippen LogP contribution < -0.4 is 10.5 Å². The van der Waals surface area contributed by atoms with Crippen LogP contribution in [0.1, 0.15) is 30.4 Å². The van der Waals surface area contributed by atoms with Crippen LogP contribution in [0.15, 0.2) is 16.6 Å². The molecule has 3 nitrogen and oxygen atoms in total. The maximum absolute atomic E-state index is 6.40.